The first-order valence-electron chi connectivity index (χ1n) is 11.9. The van der Waals surface area contributed by atoms with Crippen LogP contribution in [-0.2, 0) is 16.1 Å². The van der Waals surface area contributed by atoms with Gasteiger partial charge in [-0.15, -0.1) is 0 Å². The van der Waals surface area contributed by atoms with Crippen LogP contribution in [0.15, 0.2) is 75.0 Å². The number of carbonyl (C=O) groups excluding carboxylic acids is 2. The van der Waals surface area contributed by atoms with Crippen LogP contribution in [0.1, 0.15) is 34.0 Å². The molecule has 8 nitrogen and oxygen atoms in total. The predicted octanol–water partition coefficient (Wildman–Crippen LogP) is 6.32. The highest BCUT2D eigenvalue weighted by molar-refractivity contribution is 9.10. The molecule has 0 atom stereocenters. The molecule has 3 aromatic rings. The van der Waals surface area contributed by atoms with Gasteiger partial charge in [0.25, 0.3) is 5.91 Å². The number of nitrogens with zero attached hydrogens (tertiary/aromatic N) is 3. The Morgan fingerprint density at radius 3 is 2.59 bits per heavy atom. The van der Waals surface area contributed by atoms with Crippen molar-refractivity contribution in [3.8, 4) is 17.6 Å². The average Bonchev–Trinajstić information content (AvgIpc) is 3.21. The van der Waals surface area contributed by atoms with Crippen molar-refractivity contribution in [2.45, 2.75) is 13.5 Å². The van der Waals surface area contributed by atoms with E-state index in [-0.39, 0.29) is 12.5 Å². The second-order valence-electron chi connectivity index (χ2n) is 8.22. The van der Waals surface area contributed by atoms with E-state index in [0.717, 1.165) is 11.1 Å². The van der Waals surface area contributed by atoms with E-state index >= 15 is 0 Å². The number of esters is 1. The molecule has 1 amide bonds. The van der Waals surface area contributed by atoms with E-state index in [0.29, 0.717) is 49.5 Å². The van der Waals surface area contributed by atoms with E-state index in [9.17, 15) is 14.9 Å². The number of aliphatic imine (C=N–C) groups is 1. The lowest BCUT2D eigenvalue weighted by Crippen LogP contribution is -2.23. The van der Waals surface area contributed by atoms with Gasteiger partial charge in [0.1, 0.15) is 6.61 Å². The Morgan fingerprint density at radius 1 is 1.15 bits per heavy atom. The highest BCUT2D eigenvalue weighted by Crippen LogP contribution is 2.38. The van der Waals surface area contributed by atoms with Crippen molar-refractivity contribution in [3.63, 3.8) is 0 Å². The molecule has 1 fully saturated rings. The Balaban J connectivity index is 1.54. The number of thioether (sulfide) groups is 1. The minimum absolute atomic E-state index is 0.193. The van der Waals surface area contributed by atoms with Crippen molar-refractivity contribution in [2.24, 2.45) is 4.99 Å². The summed E-state index contributed by atoms with van der Waals surface area (Å²) in [5.41, 5.74) is 3.08. The zero-order valence-corrected chi connectivity index (χ0v) is 23.8. The second kappa shape index (κ2) is 12.7. The third-order valence-electron chi connectivity index (χ3n) is 5.70. The molecule has 10 heteroatoms. The maximum absolute atomic E-state index is 13.0. The third kappa shape index (κ3) is 6.50. The van der Waals surface area contributed by atoms with Crippen molar-refractivity contribution < 1.29 is 23.8 Å². The summed E-state index contributed by atoms with van der Waals surface area (Å²) >= 11 is 4.82. The van der Waals surface area contributed by atoms with Crippen molar-refractivity contribution >= 4 is 56.5 Å². The van der Waals surface area contributed by atoms with E-state index in [1.54, 1.807) is 68.6 Å². The molecule has 3 aromatic carbocycles. The fourth-order valence-electron chi connectivity index (χ4n) is 3.63. The number of ether oxygens (including phenoxy) is 3. The fraction of sp³-hybridized carbons (Fsp3) is 0.172. The Bertz CT molecular complexity index is 1510. The summed E-state index contributed by atoms with van der Waals surface area (Å²) in [5.74, 6) is 0.393. The van der Waals surface area contributed by atoms with Gasteiger partial charge in [-0.2, -0.15) is 5.26 Å². The maximum Gasteiger partial charge on any atom is 0.338 e. The number of halogens is 1. The number of likely N-dealkylation sites (N-methyl/N-ethyl adjacent to an activating group) is 1. The summed E-state index contributed by atoms with van der Waals surface area (Å²) in [4.78, 5) is 31.4. The summed E-state index contributed by atoms with van der Waals surface area (Å²) in [6, 6.07) is 19.6. The molecule has 39 heavy (non-hydrogen) atoms. The highest BCUT2D eigenvalue weighted by Gasteiger charge is 2.30. The number of nitriles is 1. The molecule has 0 N–H and O–H groups in total. The molecule has 0 bridgehead atoms. The van der Waals surface area contributed by atoms with E-state index in [1.165, 1.54) is 23.8 Å². The van der Waals surface area contributed by atoms with Crippen LogP contribution < -0.4 is 9.47 Å². The van der Waals surface area contributed by atoms with E-state index in [2.05, 4.69) is 27.0 Å². The van der Waals surface area contributed by atoms with Gasteiger partial charge in [-0.25, -0.2) is 9.79 Å². The topological polar surface area (TPSA) is 101 Å². The Hall–Kier alpha value is -4.07. The van der Waals surface area contributed by atoms with Gasteiger partial charge >= 0.3 is 5.97 Å². The number of amidine groups is 1. The van der Waals surface area contributed by atoms with Crippen molar-refractivity contribution in [3.05, 3.63) is 92.3 Å². The van der Waals surface area contributed by atoms with Crippen molar-refractivity contribution in [1.82, 2.24) is 4.90 Å². The number of carbonyl (C=O) groups is 2. The zero-order valence-electron chi connectivity index (χ0n) is 21.4. The van der Waals surface area contributed by atoms with Crippen LogP contribution in [0, 0.1) is 11.3 Å². The number of benzene rings is 3. The Labute approximate surface area is 239 Å². The Morgan fingerprint density at radius 2 is 1.90 bits per heavy atom. The predicted molar refractivity (Wildman–Crippen MR) is 154 cm³/mol. The first kappa shape index (κ1) is 28.0. The van der Waals surface area contributed by atoms with Crippen LogP contribution in [0.2, 0.25) is 0 Å². The van der Waals surface area contributed by atoms with Gasteiger partial charge in [0.05, 0.1) is 41.5 Å². The SMILES string of the molecule is CCOC(=O)c1ccc(N=C2SC(=Cc3cc(OC)c(OCc4ccccc4C#N)cc3Br)C(=O)N2C)cc1. The molecule has 0 spiro atoms. The van der Waals surface area contributed by atoms with Gasteiger partial charge in [0.2, 0.25) is 0 Å². The van der Waals surface area contributed by atoms with Crippen LogP contribution in [0.3, 0.4) is 0 Å². The van der Waals surface area contributed by atoms with Crippen LogP contribution in [0.5, 0.6) is 11.5 Å². The largest absolute Gasteiger partial charge is 0.493 e. The van der Waals surface area contributed by atoms with Gasteiger partial charge < -0.3 is 14.2 Å². The lowest BCUT2D eigenvalue weighted by atomic mass is 10.1. The van der Waals surface area contributed by atoms with Gasteiger partial charge in [-0.3, -0.25) is 9.69 Å². The molecule has 0 aliphatic carbocycles. The van der Waals surface area contributed by atoms with E-state index < -0.39 is 5.97 Å². The number of hydrogen-bond acceptors (Lipinski definition) is 8. The van der Waals surface area contributed by atoms with Crippen LogP contribution in [-0.4, -0.2) is 42.7 Å². The molecule has 0 unspecified atom stereocenters. The molecule has 1 aliphatic heterocycles. The monoisotopic (exact) mass is 605 g/mol. The summed E-state index contributed by atoms with van der Waals surface area (Å²) in [6.45, 7) is 2.26. The van der Waals surface area contributed by atoms with Crippen LogP contribution >= 0.6 is 27.7 Å². The van der Waals surface area contributed by atoms with E-state index in [1.807, 2.05) is 12.1 Å². The van der Waals surface area contributed by atoms with Gasteiger partial charge in [0.15, 0.2) is 16.7 Å². The first-order valence-corrected chi connectivity index (χ1v) is 13.5. The fourth-order valence-corrected chi connectivity index (χ4v) is 5.05. The molecule has 0 saturated carbocycles. The molecule has 198 valence electrons. The summed E-state index contributed by atoms with van der Waals surface area (Å²) in [7, 11) is 3.20. The molecule has 0 aromatic heterocycles. The quantitative estimate of drug-likeness (QED) is 0.219. The normalized spacial score (nSPS) is 14.9. The third-order valence-corrected chi connectivity index (χ3v) is 7.44. The van der Waals surface area contributed by atoms with Gasteiger partial charge in [0, 0.05) is 17.1 Å². The standard InChI is InChI=1S/C29H24BrN3O5S/c1-4-37-28(35)18-9-11-22(12-10-18)32-29-33(2)27(34)26(39-29)14-21-13-24(36-3)25(15-23(21)30)38-17-20-8-6-5-7-19(20)16-31/h5-15H,4,17H2,1-3H3. The number of hydrogen-bond donors (Lipinski definition) is 0. The lowest BCUT2D eigenvalue weighted by molar-refractivity contribution is -0.121. The summed E-state index contributed by atoms with van der Waals surface area (Å²) in [5, 5.41) is 9.83. The molecule has 1 aliphatic rings. The van der Waals surface area contributed by atoms with Crippen LogP contribution in [0.4, 0.5) is 5.69 Å². The number of amides is 1. The highest BCUT2D eigenvalue weighted by atomic mass is 79.9. The molecular formula is C29H24BrN3O5S. The lowest BCUT2D eigenvalue weighted by Gasteiger charge is -2.13. The van der Waals surface area contributed by atoms with Crippen LogP contribution in [0.25, 0.3) is 6.08 Å². The minimum Gasteiger partial charge on any atom is -0.493 e. The second-order valence-corrected chi connectivity index (χ2v) is 10.1. The Kier molecular flexibility index (Phi) is 9.07. The first-order chi connectivity index (χ1) is 18.8. The van der Waals surface area contributed by atoms with Crippen molar-refractivity contribution in [2.75, 3.05) is 20.8 Å². The molecule has 1 heterocycles. The molecule has 4 rings (SSSR count). The molecule has 1 saturated heterocycles. The van der Waals surface area contributed by atoms with Crippen molar-refractivity contribution in [1.29, 1.82) is 5.26 Å². The maximum atomic E-state index is 13.0. The molecule has 0 radical (unpaired) electrons. The summed E-state index contributed by atoms with van der Waals surface area (Å²) in [6.07, 6.45) is 1.76. The number of methoxy groups -OCH3 is 1. The molecular weight excluding hydrogens is 582 g/mol. The zero-order chi connectivity index (χ0) is 27.9. The average molecular weight is 606 g/mol. The van der Waals surface area contributed by atoms with E-state index in [4.69, 9.17) is 14.2 Å². The number of rotatable bonds is 8. The summed E-state index contributed by atoms with van der Waals surface area (Å²) < 4.78 is 17.2. The van der Waals surface area contributed by atoms with Gasteiger partial charge in [-0.05, 0) is 72.8 Å². The van der Waals surface area contributed by atoms with Gasteiger partial charge in [-0.1, -0.05) is 34.1 Å². The minimum atomic E-state index is -0.395. The smallest absolute Gasteiger partial charge is 0.338 e.